The molecule has 4 rings (SSSR count). The zero-order chi connectivity index (χ0) is 22.2. The Morgan fingerprint density at radius 2 is 1.13 bits per heavy atom. The Bertz CT molecular complexity index is 1200. The molecule has 2 unspecified atom stereocenters. The predicted octanol–water partition coefficient (Wildman–Crippen LogP) is 3.57. The molecule has 2 aromatic rings. The summed E-state index contributed by atoms with van der Waals surface area (Å²) in [5.41, 5.74) is -0.817. The SMILES string of the molecule is Cc1cc(C)c(C2OS(=O)(=O)C3=C2S(=O)(=O)OC3c2c(F)cc(F)cc2F)c(F)c1. The van der Waals surface area contributed by atoms with Crippen LogP contribution in [0.3, 0.4) is 0 Å². The first-order valence-corrected chi connectivity index (χ1v) is 11.2. The average Bonchev–Trinajstić information content (AvgIpc) is 2.99. The molecule has 2 aliphatic rings. The van der Waals surface area contributed by atoms with Crippen molar-refractivity contribution in [2.45, 2.75) is 26.1 Å². The van der Waals surface area contributed by atoms with E-state index in [0.717, 1.165) is 6.07 Å². The third-order valence-corrected chi connectivity index (χ3v) is 7.72. The Balaban J connectivity index is 2.00. The molecule has 6 nitrogen and oxygen atoms in total. The number of hydrogen-bond donors (Lipinski definition) is 0. The fourth-order valence-corrected chi connectivity index (χ4v) is 7.03. The van der Waals surface area contributed by atoms with E-state index < -0.39 is 71.1 Å². The van der Waals surface area contributed by atoms with Gasteiger partial charge < -0.3 is 0 Å². The summed E-state index contributed by atoms with van der Waals surface area (Å²) >= 11 is 0. The monoisotopic (exact) mass is 464 g/mol. The van der Waals surface area contributed by atoms with Gasteiger partial charge in [-0.2, -0.15) is 16.8 Å². The summed E-state index contributed by atoms with van der Waals surface area (Å²) in [6.07, 6.45) is -4.22. The number of benzene rings is 2. The van der Waals surface area contributed by atoms with Crippen molar-refractivity contribution in [1.29, 1.82) is 0 Å². The van der Waals surface area contributed by atoms with E-state index in [4.69, 9.17) is 8.37 Å². The van der Waals surface area contributed by atoms with E-state index >= 15 is 0 Å². The van der Waals surface area contributed by atoms with Gasteiger partial charge in [-0.25, -0.2) is 17.6 Å². The molecule has 0 aromatic heterocycles. The van der Waals surface area contributed by atoms with E-state index in [2.05, 4.69) is 0 Å². The van der Waals surface area contributed by atoms with Crippen molar-refractivity contribution in [3.05, 3.63) is 79.6 Å². The minimum absolute atomic E-state index is 0.194. The van der Waals surface area contributed by atoms with Gasteiger partial charge in [0.2, 0.25) is 0 Å². The van der Waals surface area contributed by atoms with Crippen LogP contribution in [0.2, 0.25) is 0 Å². The maximum Gasteiger partial charge on any atom is 0.298 e. The molecule has 0 spiro atoms. The average molecular weight is 464 g/mol. The van der Waals surface area contributed by atoms with Gasteiger partial charge in [-0.1, -0.05) is 6.07 Å². The summed E-state index contributed by atoms with van der Waals surface area (Å²) in [5.74, 6) is -5.35. The second-order valence-electron chi connectivity index (χ2n) is 6.85. The molecule has 160 valence electrons. The quantitative estimate of drug-likeness (QED) is 0.499. The zero-order valence-corrected chi connectivity index (χ0v) is 16.9. The highest BCUT2D eigenvalue weighted by Crippen LogP contribution is 2.55. The zero-order valence-electron chi connectivity index (χ0n) is 15.2. The van der Waals surface area contributed by atoms with Crippen LogP contribution in [0.1, 0.15) is 34.5 Å². The molecule has 2 aliphatic heterocycles. The van der Waals surface area contributed by atoms with Gasteiger partial charge in [-0.3, -0.25) is 8.37 Å². The highest BCUT2D eigenvalue weighted by atomic mass is 32.2. The van der Waals surface area contributed by atoms with Crippen molar-refractivity contribution >= 4 is 20.2 Å². The van der Waals surface area contributed by atoms with Gasteiger partial charge in [0, 0.05) is 17.7 Å². The lowest BCUT2D eigenvalue weighted by molar-refractivity contribution is 0.236. The highest BCUT2D eigenvalue weighted by Gasteiger charge is 2.57. The second kappa shape index (κ2) is 6.61. The molecule has 0 aliphatic carbocycles. The Kier molecular flexibility index (Phi) is 4.62. The fraction of sp³-hybridized carbons (Fsp3) is 0.222. The largest absolute Gasteiger partial charge is 0.298 e. The van der Waals surface area contributed by atoms with Crippen LogP contribution in [-0.2, 0) is 28.6 Å². The Morgan fingerprint density at radius 3 is 1.60 bits per heavy atom. The first-order valence-electron chi connectivity index (χ1n) is 8.35. The summed E-state index contributed by atoms with van der Waals surface area (Å²) in [6.45, 7) is 2.99. The number of rotatable bonds is 2. The molecule has 30 heavy (non-hydrogen) atoms. The maximum atomic E-state index is 14.6. The van der Waals surface area contributed by atoms with E-state index in [1.54, 1.807) is 6.92 Å². The molecule has 0 bridgehead atoms. The van der Waals surface area contributed by atoms with Crippen molar-refractivity contribution in [3.63, 3.8) is 0 Å². The maximum absolute atomic E-state index is 14.6. The van der Waals surface area contributed by atoms with Gasteiger partial charge in [-0.15, -0.1) is 0 Å². The van der Waals surface area contributed by atoms with Gasteiger partial charge >= 0.3 is 0 Å². The van der Waals surface area contributed by atoms with Crippen LogP contribution < -0.4 is 0 Å². The highest BCUT2D eigenvalue weighted by molar-refractivity contribution is 7.96. The van der Waals surface area contributed by atoms with Crippen LogP contribution in [0, 0.1) is 37.1 Å². The molecule has 2 aromatic carbocycles. The number of hydrogen-bond acceptors (Lipinski definition) is 6. The van der Waals surface area contributed by atoms with E-state index in [9.17, 15) is 34.4 Å². The van der Waals surface area contributed by atoms with Crippen molar-refractivity contribution in [1.82, 2.24) is 0 Å². The van der Waals surface area contributed by atoms with Gasteiger partial charge in [-0.05, 0) is 31.0 Å². The third-order valence-electron chi connectivity index (χ3n) is 4.75. The minimum atomic E-state index is -4.90. The van der Waals surface area contributed by atoms with E-state index in [1.807, 2.05) is 0 Å². The third kappa shape index (κ3) is 3.06. The van der Waals surface area contributed by atoms with E-state index in [1.165, 1.54) is 13.0 Å². The van der Waals surface area contributed by atoms with Gasteiger partial charge in [0.1, 0.15) is 45.3 Å². The van der Waals surface area contributed by atoms with E-state index in [-0.39, 0.29) is 23.3 Å². The first kappa shape index (κ1) is 21.0. The van der Waals surface area contributed by atoms with Crippen LogP contribution in [0.4, 0.5) is 17.6 Å². The van der Waals surface area contributed by atoms with Crippen molar-refractivity contribution in [2.75, 3.05) is 0 Å². The molecule has 0 amide bonds. The van der Waals surface area contributed by atoms with E-state index in [0.29, 0.717) is 5.56 Å². The van der Waals surface area contributed by atoms with Crippen molar-refractivity contribution in [3.8, 4) is 0 Å². The molecular formula is C18H12F4O6S2. The van der Waals surface area contributed by atoms with Crippen LogP contribution >= 0.6 is 0 Å². The molecular weight excluding hydrogens is 452 g/mol. The van der Waals surface area contributed by atoms with Crippen molar-refractivity contribution < 1.29 is 42.8 Å². The van der Waals surface area contributed by atoms with Gasteiger partial charge in [0.15, 0.2) is 0 Å². The molecule has 0 radical (unpaired) electrons. The number of aryl methyl sites for hydroxylation is 2. The van der Waals surface area contributed by atoms with Crippen LogP contribution in [0.25, 0.3) is 0 Å². The topological polar surface area (TPSA) is 86.7 Å². The molecule has 0 saturated carbocycles. The normalized spacial score (nSPS) is 24.3. The smallest absolute Gasteiger partial charge is 0.252 e. The molecule has 0 saturated heterocycles. The van der Waals surface area contributed by atoms with Gasteiger partial charge in [0.05, 0.1) is 5.56 Å². The molecule has 2 atom stereocenters. The molecule has 12 heteroatoms. The molecule has 0 N–H and O–H groups in total. The minimum Gasteiger partial charge on any atom is -0.252 e. The fourth-order valence-electron chi connectivity index (χ4n) is 3.63. The summed E-state index contributed by atoms with van der Waals surface area (Å²) in [4.78, 5) is -2.04. The summed E-state index contributed by atoms with van der Waals surface area (Å²) < 4.78 is 116. The predicted molar refractivity (Wildman–Crippen MR) is 94.7 cm³/mol. The van der Waals surface area contributed by atoms with Crippen LogP contribution in [0.5, 0.6) is 0 Å². The standard InChI is InChI=1S/C18H12F4O6S2/c1-7-3-8(2)13(10(20)4-7)15-17-18(30(25,26)27-15)16(28-29(17,23)24)14-11(21)5-9(19)6-12(14)22/h3-6,15-16H,1-2H3. The van der Waals surface area contributed by atoms with Crippen LogP contribution in [-0.4, -0.2) is 16.8 Å². The molecule has 0 fully saturated rings. The summed E-state index contributed by atoms with van der Waals surface area (Å²) in [6, 6.07) is 3.02. The Morgan fingerprint density at radius 1 is 0.700 bits per heavy atom. The Hall–Kier alpha value is -2.28. The van der Waals surface area contributed by atoms with Crippen LogP contribution in [0.15, 0.2) is 34.1 Å². The van der Waals surface area contributed by atoms with Crippen molar-refractivity contribution in [2.24, 2.45) is 0 Å². The number of halogens is 4. The second-order valence-corrected chi connectivity index (χ2v) is 9.93. The summed E-state index contributed by atoms with van der Waals surface area (Å²) in [5, 5.41) is 0. The van der Waals surface area contributed by atoms with Gasteiger partial charge in [0.25, 0.3) is 20.2 Å². The lowest BCUT2D eigenvalue weighted by atomic mass is 9.98. The molecule has 2 heterocycles. The summed E-state index contributed by atoms with van der Waals surface area (Å²) in [7, 11) is -9.79. The lowest BCUT2D eigenvalue weighted by Gasteiger charge is -2.18. The Labute approximate surface area is 169 Å². The first-order chi connectivity index (χ1) is 13.8. The lowest BCUT2D eigenvalue weighted by Crippen LogP contribution is -2.18.